The van der Waals surface area contributed by atoms with Crippen LogP contribution in [0.4, 0.5) is 0 Å². The zero-order valence-corrected chi connectivity index (χ0v) is 16.5. The van der Waals surface area contributed by atoms with E-state index in [-0.39, 0.29) is 17.7 Å². The highest BCUT2D eigenvalue weighted by molar-refractivity contribution is 5.98. The zero-order valence-electron chi connectivity index (χ0n) is 16.5. The largest absolute Gasteiger partial charge is 0.347 e. The van der Waals surface area contributed by atoms with Gasteiger partial charge in [0.15, 0.2) is 5.78 Å². The Hall–Kier alpha value is -2.49. The highest BCUT2D eigenvalue weighted by Gasteiger charge is 2.73. The highest BCUT2D eigenvalue weighted by atomic mass is 16.7. The second-order valence-corrected chi connectivity index (χ2v) is 8.13. The molecule has 3 saturated carbocycles. The molecule has 3 fully saturated rings. The third-order valence-electron chi connectivity index (χ3n) is 6.94. The molecule has 0 N–H and O–H groups in total. The van der Waals surface area contributed by atoms with Gasteiger partial charge < -0.3 is 14.4 Å². The van der Waals surface area contributed by atoms with Gasteiger partial charge in [0.1, 0.15) is 0 Å². The second-order valence-electron chi connectivity index (χ2n) is 8.13. The lowest BCUT2D eigenvalue weighted by molar-refractivity contribution is -0.279. The fraction of sp³-hybridized carbons (Fsp3) is 0.500. The Morgan fingerprint density at radius 3 is 2.46 bits per heavy atom. The number of hydrogen-bond acceptors (Lipinski definition) is 5. The maximum Gasteiger partial charge on any atom is 0.258 e. The van der Waals surface area contributed by atoms with Crippen LogP contribution in [0.5, 0.6) is 0 Å². The maximum absolute atomic E-state index is 13.4. The molecular formula is C22H24N2O4. The fourth-order valence-electron chi connectivity index (χ4n) is 5.80. The van der Waals surface area contributed by atoms with Crippen molar-refractivity contribution in [1.82, 2.24) is 4.90 Å². The summed E-state index contributed by atoms with van der Waals surface area (Å²) in [5, 5.41) is 9.84. The molecule has 0 saturated heterocycles. The first-order valence-corrected chi connectivity index (χ1v) is 9.48. The van der Waals surface area contributed by atoms with Crippen molar-refractivity contribution < 1.29 is 19.1 Å². The first-order chi connectivity index (χ1) is 13.4. The summed E-state index contributed by atoms with van der Waals surface area (Å²) < 4.78 is 11.3. The molecule has 5 atom stereocenters. The van der Waals surface area contributed by atoms with Gasteiger partial charge in [-0.15, -0.1) is 0 Å². The van der Waals surface area contributed by atoms with Crippen molar-refractivity contribution >= 4 is 11.7 Å². The average molecular weight is 380 g/mol. The molecule has 4 aliphatic rings. The molecule has 0 aromatic heterocycles. The predicted octanol–water partition coefficient (Wildman–Crippen LogP) is 2.77. The third kappa shape index (κ3) is 2.15. The first-order valence-electron chi connectivity index (χ1n) is 9.48. The summed E-state index contributed by atoms with van der Waals surface area (Å²) in [5.74, 6) is -3.24. The number of amides is 1. The Morgan fingerprint density at radius 2 is 1.89 bits per heavy atom. The van der Waals surface area contributed by atoms with Crippen LogP contribution in [0.15, 0.2) is 42.1 Å². The van der Waals surface area contributed by atoms with Crippen molar-refractivity contribution in [3.63, 3.8) is 0 Å². The molecule has 1 heterocycles. The summed E-state index contributed by atoms with van der Waals surface area (Å²) in [6.45, 7) is 3.90. The van der Waals surface area contributed by atoms with E-state index in [9.17, 15) is 14.9 Å². The standard InChI is InChI=1S/C22H24N2O4/c1-13-11-21(2)16-10-15(12-23)17(22(27-3,28-4)19(16)25)18(21)24(13)20(26)14-8-6-5-7-9-14/h5-9,11,15-18H,10H2,1-4H3/t15?,16-,17-,18+,21-/m1/s1. The number of hydrogen-bond donors (Lipinski definition) is 0. The van der Waals surface area contributed by atoms with E-state index in [1.54, 1.807) is 17.0 Å². The molecule has 6 heteroatoms. The predicted molar refractivity (Wildman–Crippen MR) is 101 cm³/mol. The van der Waals surface area contributed by atoms with E-state index in [1.807, 2.05) is 38.1 Å². The monoisotopic (exact) mass is 380 g/mol. The van der Waals surface area contributed by atoms with E-state index in [0.717, 1.165) is 5.70 Å². The lowest BCUT2D eigenvalue weighted by Gasteiger charge is -2.60. The number of Topliss-reactive ketones (excluding diaryl/α,β-unsaturated/α-hetero) is 1. The van der Waals surface area contributed by atoms with Gasteiger partial charge in [-0.25, -0.2) is 0 Å². The number of fused-ring (bicyclic) bond motifs is 2. The van der Waals surface area contributed by atoms with Crippen LogP contribution >= 0.6 is 0 Å². The number of nitriles is 1. The highest BCUT2D eigenvalue weighted by Crippen LogP contribution is 2.63. The number of ketones is 1. The van der Waals surface area contributed by atoms with Gasteiger partial charge in [0.05, 0.1) is 23.9 Å². The van der Waals surface area contributed by atoms with Crippen molar-refractivity contribution in [3.8, 4) is 6.07 Å². The Balaban J connectivity index is 1.88. The molecule has 5 rings (SSSR count). The number of carbonyl (C=O) groups excluding carboxylic acids is 2. The van der Waals surface area contributed by atoms with Crippen molar-refractivity contribution in [2.75, 3.05) is 14.2 Å². The normalized spacial score (nSPS) is 35.3. The first kappa shape index (κ1) is 18.9. The molecule has 3 aliphatic carbocycles. The number of benzene rings is 1. The maximum atomic E-state index is 13.4. The van der Waals surface area contributed by atoms with E-state index < -0.39 is 29.0 Å². The lowest BCUT2D eigenvalue weighted by atomic mass is 9.48. The van der Waals surface area contributed by atoms with Gasteiger partial charge in [-0.1, -0.05) is 31.2 Å². The lowest BCUT2D eigenvalue weighted by Crippen LogP contribution is -2.73. The minimum Gasteiger partial charge on any atom is -0.347 e. The van der Waals surface area contributed by atoms with Crippen LogP contribution in [-0.2, 0) is 14.3 Å². The van der Waals surface area contributed by atoms with E-state index >= 15 is 0 Å². The molecule has 1 aliphatic heterocycles. The topological polar surface area (TPSA) is 79.6 Å². The summed E-state index contributed by atoms with van der Waals surface area (Å²) in [7, 11) is 2.87. The number of methoxy groups -OCH3 is 2. The SMILES string of the molecule is COC1(OC)C(=O)[C@H]2CC(C#N)[C@@H]1[C@@H]1N(C(=O)c3ccccc3)C(C)=C[C@]21C. The molecule has 0 radical (unpaired) electrons. The van der Waals surface area contributed by atoms with Gasteiger partial charge in [0.2, 0.25) is 5.79 Å². The molecule has 0 spiro atoms. The number of nitrogens with zero attached hydrogens (tertiary/aromatic N) is 2. The Labute approximate surface area is 164 Å². The van der Waals surface area contributed by atoms with Crippen LogP contribution < -0.4 is 0 Å². The van der Waals surface area contributed by atoms with Gasteiger partial charge in [-0.2, -0.15) is 5.26 Å². The van der Waals surface area contributed by atoms with E-state index in [2.05, 4.69) is 6.07 Å². The van der Waals surface area contributed by atoms with Crippen molar-refractivity contribution in [2.45, 2.75) is 32.1 Å². The molecule has 1 aromatic rings. The molecule has 28 heavy (non-hydrogen) atoms. The molecular weight excluding hydrogens is 356 g/mol. The number of allylic oxidation sites excluding steroid dienone is 1. The van der Waals surface area contributed by atoms with Gasteiger partial charge in [0, 0.05) is 36.8 Å². The molecule has 1 amide bonds. The minimum absolute atomic E-state index is 0.134. The van der Waals surface area contributed by atoms with Crippen molar-refractivity contribution in [1.29, 1.82) is 5.26 Å². The van der Waals surface area contributed by atoms with Crippen LogP contribution in [0.25, 0.3) is 0 Å². The summed E-state index contributed by atoms with van der Waals surface area (Å²) in [6.07, 6.45) is 2.48. The van der Waals surface area contributed by atoms with Gasteiger partial charge in [-0.05, 0) is 25.5 Å². The molecule has 1 aromatic carbocycles. The number of rotatable bonds is 3. The number of carbonyl (C=O) groups is 2. The summed E-state index contributed by atoms with van der Waals surface area (Å²) in [5.41, 5.74) is 0.816. The minimum atomic E-state index is -1.51. The van der Waals surface area contributed by atoms with E-state index in [0.29, 0.717) is 12.0 Å². The smallest absolute Gasteiger partial charge is 0.258 e. The quantitative estimate of drug-likeness (QED) is 0.754. The summed E-state index contributed by atoms with van der Waals surface area (Å²) >= 11 is 0. The number of ether oxygens (including phenoxy) is 2. The molecule has 6 nitrogen and oxygen atoms in total. The molecule has 2 bridgehead atoms. The third-order valence-corrected chi connectivity index (χ3v) is 6.94. The van der Waals surface area contributed by atoms with Crippen LogP contribution in [0, 0.1) is 34.5 Å². The molecule has 146 valence electrons. The average Bonchev–Trinajstić information content (AvgIpc) is 2.99. The van der Waals surface area contributed by atoms with Crippen molar-refractivity contribution in [2.24, 2.45) is 23.2 Å². The van der Waals surface area contributed by atoms with Gasteiger partial charge >= 0.3 is 0 Å². The fourth-order valence-corrected chi connectivity index (χ4v) is 5.80. The van der Waals surface area contributed by atoms with Crippen LogP contribution in [0.2, 0.25) is 0 Å². The summed E-state index contributed by atoms with van der Waals surface area (Å²) in [4.78, 5) is 28.5. The van der Waals surface area contributed by atoms with Gasteiger partial charge in [0.25, 0.3) is 5.91 Å². The summed E-state index contributed by atoms with van der Waals surface area (Å²) in [6, 6.07) is 11.0. The van der Waals surface area contributed by atoms with Gasteiger partial charge in [-0.3, -0.25) is 9.59 Å². The van der Waals surface area contributed by atoms with E-state index in [4.69, 9.17) is 9.47 Å². The Bertz CT molecular complexity index is 899. The van der Waals surface area contributed by atoms with Crippen LogP contribution in [0.3, 0.4) is 0 Å². The zero-order chi connectivity index (χ0) is 20.3. The van der Waals surface area contributed by atoms with Crippen molar-refractivity contribution in [3.05, 3.63) is 47.7 Å². The van der Waals surface area contributed by atoms with Crippen LogP contribution in [0.1, 0.15) is 30.6 Å². The Kier molecular flexibility index (Phi) is 4.22. The van der Waals surface area contributed by atoms with E-state index in [1.165, 1.54) is 14.2 Å². The molecule has 1 unspecified atom stereocenters. The second kappa shape index (κ2) is 6.26. The Morgan fingerprint density at radius 1 is 1.25 bits per heavy atom. The van der Waals surface area contributed by atoms with Crippen LogP contribution in [-0.4, -0.2) is 42.6 Å².